The van der Waals surface area contributed by atoms with Gasteiger partial charge in [-0.1, -0.05) is 337 Å². The molecule has 0 fully saturated rings. The molecule has 480 valence electrons. The van der Waals surface area contributed by atoms with Crippen LogP contribution in [0.15, 0.2) is 85.1 Å². The molecule has 0 saturated heterocycles. The van der Waals surface area contributed by atoms with E-state index in [0.29, 0.717) is 19.3 Å². The number of unbranched alkanes of at least 4 members (excludes halogenated alkanes) is 41. The Morgan fingerprint density at radius 2 is 0.470 bits per heavy atom. The summed E-state index contributed by atoms with van der Waals surface area (Å²) in [5.74, 6) is -0.888. The summed E-state index contributed by atoms with van der Waals surface area (Å²) in [5.41, 5.74) is 0. The molecule has 1 atom stereocenters. The Labute approximate surface area is 515 Å². The molecule has 83 heavy (non-hydrogen) atoms. The molecule has 6 heteroatoms. The smallest absolute Gasteiger partial charge is 0.306 e. The van der Waals surface area contributed by atoms with Gasteiger partial charge in [0.05, 0.1) is 0 Å². The maximum Gasteiger partial charge on any atom is 0.306 e. The minimum atomic E-state index is -0.790. The van der Waals surface area contributed by atoms with Gasteiger partial charge in [-0.25, -0.2) is 0 Å². The monoisotopic (exact) mass is 1160 g/mol. The summed E-state index contributed by atoms with van der Waals surface area (Å²) in [7, 11) is 0. The summed E-state index contributed by atoms with van der Waals surface area (Å²) < 4.78 is 17.0. The minimum Gasteiger partial charge on any atom is -0.462 e. The second-order valence-corrected chi connectivity index (χ2v) is 24.1. The highest BCUT2D eigenvalue weighted by molar-refractivity contribution is 5.71. The second-order valence-electron chi connectivity index (χ2n) is 24.1. The van der Waals surface area contributed by atoms with E-state index in [2.05, 4.69) is 106 Å². The van der Waals surface area contributed by atoms with Crippen LogP contribution in [-0.2, 0) is 28.6 Å². The van der Waals surface area contributed by atoms with Crippen LogP contribution in [0.4, 0.5) is 0 Å². The molecule has 0 spiro atoms. The molecule has 0 aliphatic heterocycles. The SMILES string of the molecule is CC/C=C\C/C=C\C/C=C\C/C=C\C/C=C\C/C=C\CCCCCCC(=O)OCC(COC(=O)CCCCCCCCCCCCCCCCCCCCCCC)OC(=O)CCCCCCCCCCC/C=C\CCCCCCCCCC. The molecule has 0 N–H and O–H groups in total. The number of esters is 3. The minimum absolute atomic E-state index is 0.0820. The van der Waals surface area contributed by atoms with Gasteiger partial charge in [-0.3, -0.25) is 14.4 Å². The van der Waals surface area contributed by atoms with Crippen molar-refractivity contribution in [2.75, 3.05) is 13.2 Å². The van der Waals surface area contributed by atoms with Crippen LogP contribution >= 0.6 is 0 Å². The van der Waals surface area contributed by atoms with Crippen molar-refractivity contribution in [3.05, 3.63) is 85.1 Å². The van der Waals surface area contributed by atoms with Crippen LogP contribution in [0.2, 0.25) is 0 Å². The van der Waals surface area contributed by atoms with Crippen molar-refractivity contribution in [1.82, 2.24) is 0 Å². The van der Waals surface area contributed by atoms with Gasteiger partial charge in [0, 0.05) is 19.3 Å². The standard InChI is InChI=1S/C77H136O6/c1-4-7-10-13-16-19-22-25-28-31-34-37-38-41-43-46-49-52-55-58-61-64-67-70-76(79)82-73-74(83-77(80)71-68-65-62-59-56-53-50-47-44-40-36-33-30-27-24-21-18-15-12-9-6-3)72-81-75(78)69-66-63-60-57-54-51-48-45-42-39-35-32-29-26-23-20-17-14-11-8-5-2/h7,10,16,19,25,28,33-34,36-37,41,43,49,52,74H,4-6,8-9,11-15,17-18,20-24,26-27,29-32,35,38-40,42,44-48,50-51,53-73H2,1-3H3/b10-7-,19-16-,28-25-,36-33-,37-34-,43-41-,52-49-. The number of rotatable bonds is 66. The average Bonchev–Trinajstić information content (AvgIpc) is 3.49. The maximum absolute atomic E-state index is 13.0. The molecule has 0 aromatic rings. The first-order valence-corrected chi connectivity index (χ1v) is 36.1. The number of ether oxygens (including phenoxy) is 3. The highest BCUT2D eigenvalue weighted by Gasteiger charge is 2.19. The Morgan fingerprint density at radius 1 is 0.253 bits per heavy atom. The fraction of sp³-hybridized carbons (Fsp3) is 0.779. The van der Waals surface area contributed by atoms with Crippen molar-refractivity contribution >= 4 is 17.9 Å². The van der Waals surface area contributed by atoms with E-state index >= 15 is 0 Å². The molecule has 0 aromatic carbocycles. The third-order valence-corrected chi connectivity index (χ3v) is 15.9. The molecule has 0 aliphatic rings. The summed E-state index contributed by atoms with van der Waals surface area (Å²) in [5, 5.41) is 0. The fourth-order valence-corrected chi connectivity index (χ4v) is 10.5. The summed E-state index contributed by atoms with van der Waals surface area (Å²) in [6.07, 6.45) is 94.6. The molecule has 0 bridgehead atoms. The lowest BCUT2D eigenvalue weighted by Crippen LogP contribution is -2.30. The molecular formula is C77H136O6. The van der Waals surface area contributed by atoms with Gasteiger partial charge in [0.1, 0.15) is 13.2 Å². The average molecular weight is 1160 g/mol. The van der Waals surface area contributed by atoms with Crippen LogP contribution in [0.5, 0.6) is 0 Å². The molecule has 0 aliphatic carbocycles. The second kappa shape index (κ2) is 71.1. The van der Waals surface area contributed by atoms with Crippen LogP contribution in [0.1, 0.15) is 367 Å². The van der Waals surface area contributed by atoms with Gasteiger partial charge in [0.2, 0.25) is 0 Å². The van der Waals surface area contributed by atoms with Gasteiger partial charge in [0.25, 0.3) is 0 Å². The molecule has 6 nitrogen and oxygen atoms in total. The highest BCUT2D eigenvalue weighted by Crippen LogP contribution is 2.18. The largest absolute Gasteiger partial charge is 0.462 e. The van der Waals surface area contributed by atoms with Gasteiger partial charge in [-0.15, -0.1) is 0 Å². The van der Waals surface area contributed by atoms with E-state index in [9.17, 15) is 14.4 Å². The van der Waals surface area contributed by atoms with E-state index < -0.39 is 6.10 Å². The lowest BCUT2D eigenvalue weighted by atomic mass is 10.0. The predicted octanol–water partition coefficient (Wildman–Crippen LogP) is 25.0. The zero-order valence-electron chi connectivity index (χ0n) is 55.2. The van der Waals surface area contributed by atoms with Crippen molar-refractivity contribution in [3.63, 3.8) is 0 Å². The molecule has 0 heterocycles. The first-order valence-electron chi connectivity index (χ1n) is 36.1. The third-order valence-electron chi connectivity index (χ3n) is 15.9. The Kier molecular flexibility index (Phi) is 68.2. The van der Waals surface area contributed by atoms with Crippen LogP contribution in [0, 0.1) is 0 Å². The summed E-state index contributed by atoms with van der Waals surface area (Å²) in [6.45, 7) is 6.57. The quantitative estimate of drug-likeness (QED) is 0.0261. The van der Waals surface area contributed by atoms with Crippen LogP contribution in [0.3, 0.4) is 0 Å². The van der Waals surface area contributed by atoms with Crippen molar-refractivity contribution in [3.8, 4) is 0 Å². The molecule has 0 rings (SSSR count). The van der Waals surface area contributed by atoms with Gasteiger partial charge in [-0.2, -0.15) is 0 Å². The first-order chi connectivity index (χ1) is 41.0. The van der Waals surface area contributed by atoms with Crippen LogP contribution in [-0.4, -0.2) is 37.2 Å². The van der Waals surface area contributed by atoms with E-state index in [-0.39, 0.29) is 31.1 Å². The van der Waals surface area contributed by atoms with Gasteiger partial charge < -0.3 is 14.2 Å². The van der Waals surface area contributed by atoms with Gasteiger partial charge in [0.15, 0.2) is 6.10 Å². The van der Waals surface area contributed by atoms with Crippen molar-refractivity contribution < 1.29 is 28.6 Å². The molecule has 0 aromatic heterocycles. The van der Waals surface area contributed by atoms with Gasteiger partial charge in [-0.05, 0) is 96.3 Å². The number of carbonyl (C=O) groups is 3. The molecule has 1 unspecified atom stereocenters. The van der Waals surface area contributed by atoms with Crippen LogP contribution < -0.4 is 0 Å². The normalized spacial score (nSPS) is 12.6. The van der Waals surface area contributed by atoms with E-state index in [1.54, 1.807) is 0 Å². The van der Waals surface area contributed by atoms with E-state index in [4.69, 9.17) is 14.2 Å². The van der Waals surface area contributed by atoms with E-state index in [1.807, 2.05) is 0 Å². The Hall–Kier alpha value is -3.41. The van der Waals surface area contributed by atoms with E-state index in [1.165, 1.54) is 218 Å². The maximum atomic E-state index is 13.0. The number of carbonyl (C=O) groups excluding carboxylic acids is 3. The Bertz CT molecular complexity index is 1570. The Balaban J connectivity index is 4.40. The van der Waals surface area contributed by atoms with Gasteiger partial charge >= 0.3 is 17.9 Å². The predicted molar refractivity (Wildman–Crippen MR) is 362 cm³/mol. The summed E-state index contributed by atoms with van der Waals surface area (Å²) >= 11 is 0. The zero-order valence-corrected chi connectivity index (χ0v) is 55.2. The molecule has 0 radical (unpaired) electrons. The zero-order chi connectivity index (χ0) is 59.9. The third kappa shape index (κ3) is 69.3. The Morgan fingerprint density at radius 3 is 0.747 bits per heavy atom. The summed E-state index contributed by atoms with van der Waals surface area (Å²) in [4.78, 5) is 38.5. The fourth-order valence-electron chi connectivity index (χ4n) is 10.5. The summed E-state index contributed by atoms with van der Waals surface area (Å²) in [6, 6.07) is 0. The number of allylic oxidation sites excluding steroid dienone is 14. The van der Waals surface area contributed by atoms with Crippen molar-refractivity contribution in [1.29, 1.82) is 0 Å². The van der Waals surface area contributed by atoms with Crippen molar-refractivity contribution in [2.24, 2.45) is 0 Å². The lowest BCUT2D eigenvalue weighted by Gasteiger charge is -2.18. The lowest BCUT2D eigenvalue weighted by molar-refractivity contribution is -0.167. The molecule has 0 saturated carbocycles. The first kappa shape index (κ1) is 79.6. The topological polar surface area (TPSA) is 78.9 Å². The van der Waals surface area contributed by atoms with Crippen molar-refractivity contribution in [2.45, 2.75) is 374 Å². The number of hydrogen-bond donors (Lipinski definition) is 0. The molecule has 0 amide bonds. The molecular weight excluding hydrogens is 1020 g/mol. The number of hydrogen-bond acceptors (Lipinski definition) is 6. The highest BCUT2D eigenvalue weighted by atomic mass is 16.6. The van der Waals surface area contributed by atoms with E-state index in [0.717, 1.165) is 109 Å². The van der Waals surface area contributed by atoms with Crippen LogP contribution in [0.25, 0.3) is 0 Å².